The lowest BCUT2D eigenvalue weighted by Gasteiger charge is -2.32. The number of piperidine rings is 1. The van der Waals surface area contributed by atoms with E-state index >= 15 is 0 Å². The van der Waals surface area contributed by atoms with E-state index in [0.717, 1.165) is 53.2 Å². The molecular weight excluding hydrogens is 368 g/mol. The van der Waals surface area contributed by atoms with Crippen molar-refractivity contribution in [2.75, 3.05) is 26.5 Å². The summed E-state index contributed by atoms with van der Waals surface area (Å²) in [6.45, 7) is 3.61. The first kappa shape index (κ1) is 18.9. The highest BCUT2D eigenvalue weighted by Gasteiger charge is 2.27. The largest absolute Gasteiger partial charge is 0.497 e. The van der Waals surface area contributed by atoms with Crippen molar-refractivity contribution in [2.45, 2.75) is 30.6 Å². The van der Waals surface area contributed by atoms with E-state index in [2.05, 4.69) is 29.4 Å². The molecule has 0 unspecified atom stereocenters. The summed E-state index contributed by atoms with van der Waals surface area (Å²) in [5.74, 6) is 1.50. The number of likely N-dealkylation sites (tertiary alicyclic amines) is 1. The first-order valence-electron chi connectivity index (χ1n) is 9.69. The minimum Gasteiger partial charge on any atom is -0.497 e. The number of fused-ring (bicyclic) bond motifs is 1. The van der Waals surface area contributed by atoms with Crippen LogP contribution in [0.1, 0.15) is 40.2 Å². The van der Waals surface area contributed by atoms with Crippen molar-refractivity contribution in [3.8, 4) is 5.75 Å². The molecule has 28 heavy (non-hydrogen) atoms. The number of thioether (sulfide) groups is 1. The number of aryl methyl sites for hydroxylation is 1. The number of nitrogens with one attached hydrogen (secondary N) is 1. The van der Waals surface area contributed by atoms with Crippen molar-refractivity contribution < 1.29 is 9.53 Å². The number of H-pyrrole nitrogens is 1. The van der Waals surface area contributed by atoms with Crippen LogP contribution in [-0.2, 0) is 0 Å². The van der Waals surface area contributed by atoms with Crippen molar-refractivity contribution in [3.63, 3.8) is 0 Å². The number of methoxy groups -OCH3 is 1. The molecule has 2 aromatic carbocycles. The van der Waals surface area contributed by atoms with Gasteiger partial charge in [-0.3, -0.25) is 4.79 Å². The van der Waals surface area contributed by atoms with Gasteiger partial charge >= 0.3 is 0 Å². The van der Waals surface area contributed by atoms with E-state index in [1.807, 2.05) is 36.3 Å². The van der Waals surface area contributed by atoms with Crippen LogP contribution in [0.25, 0.3) is 10.9 Å². The molecule has 1 aliphatic rings. The molecule has 4 nitrogen and oxygen atoms in total. The second kappa shape index (κ2) is 7.92. The highest BCUT2D eigenvalue weighted by Crippen LogP contribution is 2.35. The van der Waals surface area contributed by atoms with Crippen LogP contribution < -0.4 is 4.74 Å². The third kappa shape index (κ3) is 3.51. The van der Waals surface area contributed by atoms with Gasteiger partial charge in [0, 0.05) is 40.6 Å². The van der Waals surface area contributed by atoms with Crippen LogP contribution in [0.5, 0.6) is 5.75 Å². The molecule has 0 spiro atoms. The molecule has 2 heterocycles. The van der Waals surface area contributed by atoms with Gasteiger partial charge in [-0.1, -0.05) is 6.07 Å². The van der Waals surface area contributed by atoms with Crippen LogP contribution in [0.15, 0.2) is 47.5 Å². The minimum absolute atomic E-state index is 0.160. The third-order valence-electron chi connectivity index (χ3n) is 5.82. The van der Waals surface area contributed by atoms with E-state index in [-0.39, 0.29) is 5.91 Å². The van der Waals surface area contributed by atoms with Crippen molar-refractivity contribution in [1.29, 1.82) is 0 Å². The number of carbonyl (C=O) groups excluding carboxylic acids is 1. The van der Waals surface area contributed by atoms with E-state index in [0.29, 0.717) is 5.92 Å². The first-order valence-corrected chi connectivity index (χ1v) is 10.9. The Balaban J connectivity index is 1.50. The second-order valence-electron chi connectivity index (χ2n) is 7.40. The topological polar surface area (TPSA) is 45.3 Å². The van der Waals surface area contributed by atoms with Crippen LogP contribution in [0.3, 0.4) is 0 Å². The van der Waals surface area contributed by atoms with E-state index in [1.165, 1.54) is 10.9 Å². The summed E-state index contributed by atoms with van der Waals surface area (Å²) in [5, 5.41) is 1.23. The number of ether oxygens (including phenoxy) is 1. The molecule has 0 aliphatic carbocycles. The third-order valence-corrected chi connectivity index (χ3v) is 6.54. The zero-order chi connectivity index (χ0) is 19.7. The number of amides is 1. The maximum absolute atomic E-state index is 13.1. The van der Waals surface area contributed by atoms with Gasteiger partial charge in [-0.15, -0.1) is 11.8 Å². The normalized spacial score (nSPS) is 15.2. The molecule has 0 bridgehead atoms. The predicted octanol–water partition coefficient (Wildman–Crippen LogP) is 5.23. The molecule has 5 heteroatoms. The summed E-state index contributed by atoms with van der Waals surface area (Å²) in [6, 6.07) is 12.3. The molecule has 3 aromatic rings. The van der Waals surface area contributed by atoms with Gasteiger partial charge in [-0.05, 0) is 73.4 Å². The Bertz CT molecular complexity index is 1000. The number of hydrogen-bond acceptors (Lipinski definition) is 3. The lowest BCUT2D eigenvalue weighted by molar-refractivity contribution is 0.0712. The minimum atomic E-state index is 0.160. The number of rotatable bonds is 4. The number of benzene rings is 2. The predicted molar refractivity (Wildman–Crippen MR) is 116 cm³/mol. The Hall–Kier alpha value is -2.40. The van der Waals surface area contributed by atoms with E-state index in [1.54, 1.807) is 18.9 Å². The number of aromatic amines is 1. The SMILES string of the molecule is COc1ccc2[nH]cc(C3CCN(C(=O)c4cc(SC)ccc4C)CC3)c2c1. The van der Waals surface area contributed by atoms with E-state index < -0.39 is 0 Å². The summed E-state index contributed by atoms with van der Waals surface area (Å²) in [4.78, 5) is 19.6. The Labute approximate surface area is 170 Å². The van der Waals surface area contributed by atoms with Crippen molar-refractivity contribution in [2.24, 2.45) is 0 Å². The zero-order valence-electron chi connectivity index (χ0n) is 16.6. The second-order valence-corrected chi connectivity index (χ2v) is 8.28. The number of carbonyl (C=O) groups is 1. The fourth-order valence-electron chi connectivity index (χ4n) is 4.11. The van der Waals surface area contributed by atoms with Crippen LogP contribution >= 0.6 is 11.8 Å². The standard InChI is InChI=1S/C23H26N2O2S/c1-15-4-6-18(28-3)13-19(15)23(26)25-10-8-16(9-11-25)21-14-24-22-7-5-17(27-2)12-20(21)22/h4-7,12-14,16,24H,8-11H2,1-3H3. The molecule has 1 amide bonds. The average Bonchev–Trinajstić information content (AvgIpc) is 3.17. The Morgan fingerprint density at radius 2 is 1.96 bits per heavy atom. The summed E-state index contributed by atoms with van der Waals surface area (Å²) < 4.78 is 5.39. The van der Waals surface area contributed by atoms with Gasteiger partial charge in [-0.25, -0.2) is 0 Å². The Morgan fingerprint density at radius 3 is 2.68 bits per heavy atom. The van der Waals surface area contributed by atoms with Crippen molar-refractivity contribution >= 4 is 28.6 Å². The molecule has 1 fully saturated rings. The highest BCUT2D eigenvalue weighted by molar-refractivity contribution is 7.98. The molecule has 1 aliphatic heterocycles. The maximum Gasteiger partial charge on any atom is 0.254 e. The van der Waals surface area contributed by atoms with Crippen LogP contribution in [0.4, 0.5) is 0 Å². The van der Waals surface area contributed by atoms with Gasteiger partial charge in [0.25, 0.3) is 5.91 Å². The number of nitrogens with zero attached hydrogens (tertiary/aromatic N) is 1. The van der Waals surface area contributed by atoms with Crippen molar-refractivity contribution in [1.82, 2.24) is 9.88 Å². The number of aromatic nitrogens is 1. The molecule has 0 radical (unpaired) electrons. The monoisotopic (exact) mass is 394 g/mol. The fourth-order valence-corrected chi connectivity index (χ4v) is 4.55. The lowest BCUT2D eigenvalue weighted by atomic mass is 9.89. The van der Waals surface area contributed by atoms with E-state index in [4.69, 9.17) is 4.74 Å². The van der Waals surface area contributed by atoms with E-state index in [9.17, 15) is 4.79 Å². The molecule has 1 N–H and O–H groups in total. The van der Waals surface area contributed by atoms with Gasteiger partial charge in [0.1, 0.15) is 5.75 Å². The highest BCUT2D eigenvalue weighted by atomic mass is 32.2. The smallest absolute Gasteiger partial charge is 0.254 e. The molecule has 0 atom stereocenters. The lowest BCUT2D eigenvalue weighted by Crippen LogP contribution is -2.38. The Morgan fingerprint density at radius 1 is 1.18 bits per heavy atom. The van der Waals surface area contributed by atoms with Gasteiger partial charge in [0.15, 0.2) is 0 Å². The maximum atomic E-state index is 13.1. The van der Waals surface area contributed by atoms with Gasteiger partial charge in [0.2, 0.25) is 0 Å². The summed E-state index contributed by atoms with van der Waals surface area (Å²) in [6.07, 6.45) is 6.13. The van der Waals surface area contributed by atoms with Crippen molar-refractivity contribution in [3.05, 3.63) is 59.3 Å². The van der Waals surface area contributed by atoms with Gasteiger partial charge < -0.3 is 14.6 Å². The Kier molecular flexibility index (Phi) is 5.36. The number of hydrogen-bond donors (Lipinski definition) is 1. The van der Waals surface area contributed by atoms with Gasteiger partial charge in [-0.2, -0.15) is 0 Å². The fraction of sp³-hybridized carbons (Fsp3) is 0.348. The zero-order valence-corrected chi connectivity index (χ0v) is 17.4. The van der Waals surface area contributed by atoms with Crippen LogP contribution in [0, 0.1) is 6.92 Å². The summed E-state index contributed by atoms with van der Waals surface area (Å²) >= 11 is 1.67. The molecule has 0 saturated carbocycles. The summed E-state index contributed by atoms with van der Waals surface area (Å²) in [7, 11) is 1.70. The summed E-state index contributed by atoms with van der Waals surface area (Å²) in [5.41, 5.74) is 4.36. The molecule has 1 saturated heterocycles. The molecule has 146 valence electrons. The van der Waals surface area contributed by atoms with Crippen LogP contribution in [0.2, 0.25) is 0 Å². The molecular formula is C23H26N2O2S. The van der Waals surface area contributed by atoms with Crippen LogP contribution in [-0.4, -0.2) is 42.2 Å². The quantitative estimate of drug-likeness (QED) is 0.617. The molecule has 4 rings (SSSR count). The van der Waals surface area contributed by atoms with Gasteiger partial charge in [0.05, 0.1) is 7.11 Å². The first-order chi connectivity index (χ1) is 13.6. The average molecular weight is 395 g/mol. The molecule has 1 aromatic heterocycles.